The Morgan fingerprint density at radius 2 is 2.12 bits per heavy atom. The fourth-order valence-electron chi connectivity index (χ4n) is 3.09. The van der Waals surface area contributed by atoms with Gasteiger partial charge in [0, 0.05) is 11.8 Å². The quantitative estimate of drug-likeness (QED) is 0.728. The molecule has 2 aliphatic heterocycles. The van der Waals surface area contributed by atoms with Crippen LogP contribution in [0.4, 0.5) is 5.69 Å². The molecule has 1 fully saturated rings. The number of thioether (sulfide) groups is 1. The molecule has 0 amide bonds. The zero-order valence-electron chi connectivity index (χ0n) is 14.6. The first-order chi connectivity index (χ1) is 11.8. The number of sulfone groups is 1. The van der Waals surface area contributed by atoms with Crippen LogP contribution >= 0.6 is 11.8 Å². The Morgan fingerprint density at radius 3 is 2.76 bits per heavy atom. The molecule has 2 heterocycles. The van der Waals surface area contributed by atoms with Crippen molar-refractivity contribution in [2.24, 2.45) is 4.99 Å². The monoisotopic (exact) mass is 382 g/mol. The van der Waals surface area contributed by atoms with E-state index in [9.17, 15) is 8.42 Å². The Labute approximate surface area is 152 Å². The molecule has 2 aliphatic rings. The van der Waals surface area contributed by atoms with Crippen LogP contribution in [0, 0.1) is 0 Å². The van der Waals surface area contributed by atoms with Crippen LogP contribution in [0.25, 0.3) is 0 Å². The molecule has 3 rings (SSSR count). The number of anilines is 1. The number of fused-ring (bicyclic) bond motifs is 1. The molecule has 0 N–H and O–H groups in total. The van der Waals surface area contributed by atoms with Crippen molar-refractivity contribution in [2.45, 2.75) is 19.0 Å². The molecule has 6 nitrogen and oxygen atoms in total. The molecule has 136 valence electrons. The SMILES string of the molecule is C=C(C)CSC1=N[C@H]2CS(=O)(=O)C[C@H]2N1c1ccc(OC)cc1OC. The minimum Gasteiger partial charge on any atom is -0.497 e. The summed E-state index contributed by atoms with van der Waals surface area (Å²) in [5.41, 5.74) is 1.85. The predicted octanol–water partition coefficient (Wildman–Crippen LogP) is 2.35. The summed E-state index contributed by atoms with van der Waals surface area (Å²) in [6.07, 6.45) is 0. The lowest BCUT2D eigenvalue weighted by Crippen LogP contribution is -2.39. The van der Waals surface area contributed by atoms with E-state index in [4.69, 9.17) is 14.5 Å². The van der Waals surface area contributed by atoms with Gasteiger partial charge in [0.2, 0.25) is 0 Å². The number of hydrogen-bond acceptors (Lipinski definition) is 7. The second-order valence-electron chi connectivity index (χ2n) is 6.28. The van der Waals surface area contributed by atoms with Gasteiger partial charge in [-0.25, -0.2) is 8.42 Å². The fourth-order valence-corrected chi connectivity index (χ4v) is 5.89. The molecule has 1 aromatic carbocycles. The van der Waals surface area contributed by atoms with E-state index in [2.05, 4.69) is 6.58 Å². The summed E-state index contributed by atoms with van der Waals surface area (Å²) in [6, 6.07) is 5.11. The molecule has 0 aliphatic carbocycles. The van der Waals surface area contributed by atoms with Gasteiger partial charge in [0.25, 0.3) is 0 Å². The summed E-state index contributed by atoms with van der Waals surface area (Å²) in [5.74, 6) is 2.26. The molecule has 0 unspecified atom stereocenters. The predicted molar refractivity (Wildman–Crippen MR) is 103 cm³/mol. The summed E-state index contributed by atoms with van der Waals surface area (Å²) in [7, 11) is 0.114. The summed E-state index contributed by atoms with van der Waals surface area (Å²) in [6.45, 7) is 5.90. The van der Waals surface area contributed by atoms with Gasteiger partial charge in [-0.3, -0.25) is 4.99 Å². The molecule has 0 aromatic heterocycles. The number of amidine groups is 1. The van der Waals surface area contributed by atoms with Gasteiger partial charge in [0.1, 0.15) is 11.5 Å². The van der Waals surface area contributed by atoms with Gasteiger partial charge in [0.05, 0.1) is 43.5 Å². The maximum Gasteiger partial charge on any atom is 0.164 e. The van der Waals surface area contributed by atoms with Crippen molar-refractivity contribution in [3.05, 3.63) is 30.4 Å². The lowest BCUT2D eigenvalue weighted by atomic mass is 10.1. The summed E-state index contributed by atoms with van der Waals surface area (Å²) in [5, 5.41) is 0.816. The highest BCUT2D eigenvalue weighted by Gasteiger charge is 2.47. The van der Waals surface area contributed by atoms with Crippen molar-refractivity contribution in [1.82, 2.24) is 0 Å². The van der Waals surface area contributed by atoms with E-state index in [0.29, 0.717) is 11.5 Å². The van der Waals surface area contributed by atoms with Gasteiger partial charge in [-0.05, 0) is 19.1 Å². The van der Waals surface area contributed by atoms with Crippen molar-refractivity contribution in [2.75, 3.05) is 36.4 Å². The van der Waals surface area contributed by atoms with Gasteiger partial charge in [-0.15, -0.1) is 0 Å². The Kier molecular flexibility index (Phi) is 5.02. The molecule has 1 saturated heterocycles. The first-order valence-electron chi connectivity index (χ1n) is 7.91. The lowest BCUT2D eigenvalue weighted by molar-refractivity contribution is 0.394. The molecule has 0 bridgehead atoms. The number of methoxy groups -OCH3 is 2. The molecular formula is C17H22N2O4S2. The maximum absolute atomic E-state index is 12.1. The minimum atomic E-state index is -3.07. The summed E-state index contributed by atoms with van der Waals surface area (Å²) >= 11 is 1.58. The normalized spacial score (nSPS) is 24.0. The Morgan fingerprint density at radius 1 is 1.36 bits per heavy atom. The highest BCUT2D eigenvalue weighted by molar-refractivity contribution is 8.14. The first-order valence-corrected chi connectivity index (χ1v) is 10.7. The van der Waals surface area contributed by atoms with Gasteiger partial charge in [-0.1, -0.05) is 23.9 Å². The van der Waals surface area contributed by atoms with Crippen molar-refractivity contribution < 1.29 is 17.9 Å². The second-order valence-corrected chi connectivity index (χ2v) is 9.37. The van der Waals surface area contributed by atoms with Crippen molar-refractivity contribution in [3.63, 3.8) is 0 Å². The summed E-state index contributed by atoms with van der Waals surface area (Å²) < 4.78 is 34.9. The number of ether oxygens (including phenoxy) is 2. The lowest BCUT2D eigenvalue weighted by Gasteiger charge is -2.28. The zero-order chi connectivity index (χ0) is 18.2. The van der Waals surface area contributed by atoms with Gasteiger partial charge in [-0.2, -0.15) is 0 Å². The second kappa shape index (κ2) is 6.92. The van der Waals surface area contributed by atoms with Crippen LogP contribution in [-0.4, -0.2) is 57.1 Å². The Hall–Kier alpha value is -1.67. The molecule has 8 heteroatoms. The van der Waals surface area contributed by atoms with Crippen molar-refractivity contribution in [3.8, 4) is 11.5 Å². The van der Waals surface area contributed by atoms with E-state index in [1.165, 1.54) is 0 Å². The first kappa shape index (κ1) is 18.1. The van der Waals surface area contributed by atoms with Crippen LogP contribution in [-0.2, 0) is 9.84 Å². The van der Waals surface area contributed by atoms with E-state index in [1.807, 2.05) is 24.0 Å². The zero-order valence-corrected chi connectivity index (χ0v) is 16.2. The van der Waals surface area contributed by atoms with E-state index in [0.717, 1.165) is 22.2 Å². The highest BCUT2D eigenvalue weighted by Crippen LogP contribution is 2.41. The molecular weight excluding hydrogens is 360 g/mol. The van der Waals surface area contributed by atoms with Crippen LogP contribution in [0.5, 0.6) is 11.5 Å². The number of benzene rings is 1. The highest BCUT2D eigenvalue weighted by atomic mass is 32.2. The van der Waals surface area contributed by atoms with Crippen molar-refractivity contribution >= 4 is 32.5 Å². The number of rotatable bonds is 5. The fraction of sp³-hybridized carbons (Fsp3) is 0.471. The molecule has 2 atom stereocenters. The number of nitrogens with zero attached hydrogens (tertiary/aromatic N) is 2. The van der Waals surface area contributed by atoms with E-state index in [-0.39, 0.29) is 23.6 Å². The Balaban J connectivity index is 2.01. The van der Waals surface area contributed by atoms with E-state index < -0.39 is 9.84 Å². The molecule has 0 spiro atoms. The third-order valence-corrected chi connectivity index (χ3v) is 7.10. The molecule has 25 heavy (non-hydrogen) atoms. The summed E-state index contributed by atoms with van der Waals surface area (Å²) in [4.78, 5) is 6.69. The van der Waals surface area contributed by atoms with E-state index in [1.54, 1.807) is 32.0 Å². The van der Waals surface area contributed by atoms with Gasteiger partial charge >= 0.3 is 0 Å². The number of aliphatic imine (C=N–C) groups is 1. The van der Waals surface area contributed by atoms with Crippen molar-refractivity contribution in [1.29, 1.82) is 0 Å². The Bertz CT molecular complexity index is 820. The van der Waals surface area contributed by atoms with Gasteiger partial charge in [0.15, 0.2) is 15.0 Å². The van der Waals surface area contributed by atoms with Crippen LogP contribution in [0.3, 0.4) is 0 Å². The third-order valence-electron chi connectivity index (χ3n) is 4.20. The number of hydrogen-bond donors (Lipinski definition) is 0. The topological polar surface area (TPSA) is 68.2 Å². The largest absolute Gasteiger partial charge is 0.497 e. The van der Waals surface area contributed by atoms with Gasteiger partial charge < -0.3 is 14.4 Å². The van der Waals surface area contributed by atoms with Crippen LogP contribution in [0.1, 0.15) is 6.92 Å². The molecule has 0 radical (unpaired) electrons. The molecule has 0 saturated carbocycles. The smallest absolute Gasteiger partial charge is 0.164 e. The van der Waals surface area contributed by atoms with Crippen LogP contribution in [0.15, 0.2) is 35.3 Å². The minimum absolute atomic E-state index is 0.101. The average Bonchev–Trinajstić information content (AvgIpc) is 3.03. The van der Waals surface area contributed by atoms with Crippen LogP contribution < -0.4 is 14.4 Å². The standard InChI is InChI=1S/C17H22N2O4S2/c1-11(2)8-24-17-18-13-9-25(20,21)10-15(13)19(17)14-6-5-12(22-3)7-16(14)23-4/h5-7,13,15H,1,8-10H2,2-4H3/t13-,15+/m0/s1. The van der Waals surface area contributed by atoms with E-state index >= 15 is 0 Å². The maximum atomic E-state index is 12.1. The third kappa shape index (κ3) is 3.64. The average molecular weight is 383 g/mol. The van der Waals surface area contributed by atoms with Crippen LogP contribution in [0.2, 0.25) is 0 Å². The molecule has 1 aromatic rings.